The second-order valence-corrected chi connectivity index (χ2v) is 9.81. The largest absolute Gasteiger partial charge is 0.480 e. The Kier molecular flexibility index (Phi) is 9.03. The molecule has 3 atom stereocenters. The predicted octanol–water partition coefficient (Wildman–Crippen LogP) is 2.72. The standard InChI is InChI=1S/C25H38N2O6/c1-6-25(12-7-8-13-27(5)16-25)18-10-9-11-19(14-18)33-20(28)15-24(4,32)23(31)26-21(17(2)3)22(29)30/h9-11,14,17,21,32H,6-8,12-13,15-16H2,1-5H3,(H,26,31)(H,29,30)/t21-,24-,25?/m0/s1. The first-order chi connectivity index (χ1) is 15.4. The van der Waals surface area contributed by atoms with E-state index < -0.39 is 35.9 Å². The van der Waals surface area contributed by atoms with Crippen molar-refractivity contribution in [2.75, 3.05) is 20.1 Å². The Bertz CT molecular complexity index is 853. The number of aliphatic hydroxyl groups is 1. The van der Waals surface area contributed by atoms with Crippen molar-refractivity contribution in [3.8, 4) is 5.75 Å². The first-order valence-electron chi connectivity index (χ1n) is 11.7. The van der Waals surface area contributed by atoms with Gasteiger partial charge in [0.2, 0.25) is 0 Å². The lowest BCUT2D eigenvalue weighted by atomic mass is 9.74. The molecule has 0 radical (unpaired) electrons. The van der Waals surface area contributed by atoms with Crippen LogP contribution in [0, 0.1) is 5.92 Å². The van der Waals surface area contributed by atoms with E-state index in [0.717, 1.165) is 44.3 Å². The molecular formula is C25H38N2O6. The normalized spacial score (nSPS) is 22.2. The summed E-state index contributed by atoms with van der Waals surface area (Å²) in [6.07, 6.45) is 3.71. The second-order valence-electron chi connectivity index (χ2n) is 9.81. The molecule has 2 rings (SSSR count). The summed E-state index contributed by atoms with van der Waals surface area (Å²) in [4.78, 5) is 38.7. The van der Waals surface area contributed by atoms with Crippen molar-refractivity contribution in [2.24, 2.45) is 5.92 Å². The molecule has 184 valence electrons. The lowest BCUT2D eigenvalue weighted by Crippen LogP contribution is -2.53. The fourth-order valence-electron chi connectivity index (χ4n) is 4.48. The zero-order valence-electron chi connectivity index (χ0n) is 20.4. The van der Waals surface area contributed by atoms with Crippen LogP contribution in [0.2, 0.25) is 0 Å². The van der Waals surface area contributed by atoms with Crippen molar-refractivity contribution in [1.29, 1.82) is 0 Å². The molecule has 1 saturated heterocycles. The highest BCUT2D eigenvalue weighted by Crippen LogP contribution is 2.37. The van der Waals surface area contributed by atoms with Gasteiger partial charge in [-0.05, 0) is 63.4 Å². The van der Waals surface area contributed by atoms with Gasteiger partial charge in [0.15, 0.2) is 5.60 Å². The van der Waals surface area contributed by atoms with Gasteiger partial charge in [0.05, 0.1) is 6.42 Å². The summed E-state index contributed by atoms with van der Waals surface area (Å²) in [5, 5.41) is 22.1. The third-order valence-electron chi connectivity index (χ3n) is 6.57. The number of likely N-dealkylation sites (tertiary alicyclic amines) is 1. The summed E-state index contributed by atoms with van der Waals surface area (Å²) >= 11 is 0. The van der Waals surface area contributed by atoms with E-state index in [9.17, 15) is 24.6 Å². The topological polar surface area (TPSA) is 116 Å². The number of carbonyl (C=O) groups is 3. The predicted molar refractivity (Wildman–Crippen MR) is 125 cm³/mol. The average molecular weight is 463 g/mol. The first-order valence-corrected chi connectivity index (χ1v) is 11.7. The Hall–Kier alpha value is -2.45. The molecule has 0 aromatic heterocycles. The molecule has 3 N–H and O–H groups in total. The third kappa shape index (κ3) is 7.01. The summed E-state index contributed by atoms with van der Waals surface area (Å²) in [6, 6.07) is 6.29. The number of benzene rings is 1. The minimum atomic E-state index is -2.11. The number of hydrogen-bond acceptors (Lipinski definition) is 6. The second kappa shape index (κ2) is 11.1. The number of hydrogen-bond donors (Lipinski definition) is 3. The van der Waals surface area contributed by atoms with E-state index >= 15 is 0 Å². The Balaban J connectivity index is 2.11. The summed E-state index contributed by atoms with van der Waals surface area (Å²) in [5.74, 6) is -2.93. The molecule has 1 aromatic carbocycles. The molecule has 8 nitrogen and oxygen atoms in total. The van der Waals surface area contributed by atoms with Crippen LogP contribution in [0.3, 0.4) is 0 Å². The van der Waals surface area contributed by atoms with Crippen LogP contribution in [-0.2, 0) is 19.8 Å². The maximum Gasteiger partial charge on any atom is 0.326 e. The molecule has 0 aliphatic carbocycles. The number of aliphatic carboxylic acids is 1. The van der Waals surface area contributed by atoms with Gasteiger partial charge >= 0.3 is 11.9 Å². The van der Waals surface area contributed by atoms with Crippen molar-refractivity contribution >= 4 is 17.8 Å². The number of carboxylic acid groups (broad SMARTS) is 1. The van der Waals surface area contributed by atoms with Crippen molar-refractivity contribution in [3.05, 3.63) is 29.8 Å². The van der Waals surface area contributed by atoms with E-state index in [-0.39, 0.29) is 11.3 Å². The van der Waals surface area contributed by atoms with E-state index in [1.165, 1.54) is 6.92 Å². The number of rotatable bonds is 9. The fraction of sp³-hybridized carbons (Fsp3) is 0.640. The minimum Gasteiger partial charge on any atom is -0.480 e. The fourth-order valence-corrected chi connectivity index (χ4v) is 4.48. The molecule has 33 heavy (non-hydrogen) atoms. The molecule has 1 aliphatic heterocycles. The Morgan fingerprint density at radius 2 is 1.97 bits per heavy atom. The first kappa shape index (κ1) is 26.8. The summed E-state index contributed by atoms with van der Waals surface area (Å²) in [7, 11) is 2.13. The van der Waals surface area contributed by atoms with Gasteiger partial charge in [-0.1, -0.05) is 39.3 Å². The van der Waals surface area contributed by atoms with E-state index in [1.54, 1.807) is 19.9 Å². The van der Waals surface area contributed by atoms with Gasteiger partial charge in [-0.15, -0.1) is 0 Å². The van der Waals surface area contributed by atoms with Crippen molar-refractivity contribution in [1.82, 2.24) is 10.2 Å². The number of esters is 1. The van der Waals surface area contributed by atoms with Crippen LogP contribution in [0.5, 0.6) is 5.75 Å². The highest BCUT2D eigenvalue weighted by molar-refractivity contribution is 5.92. The van der Waals surface area contributed by atoms with Gasteiger partial charge in [-0.2, -0.15) is 0 Å². The number of carboxylic acids is 1. The number of ether oxygens (including phenoxy) is 1. The Labute approximate surface area is 196 Å². The van der Waals surface area contributed by atoms with E-state index in [2.05, 4.69) is 30.3 Å². The van der Waals surface area contributed by atoms with Crippen LogP contribution in [-0.4, -0.2) is 64.7 Å². The Morgan fingerprint density at radius 1 is 1.27 bits per heavy atom. The minimum absolute atomic E-state index is 0.0261. The van der Waals surface area contributed by atoms with E-state index in [4.69, 9.17) is 4.74 Å². The molecule has 1 aromatic rings. The monoisotopic (exact) mass is 462 g/mol. The van der Waals surface area contributed by atoms with Crippen molar-refractivity contribution in [3.63, 3.8) is 0 Å². The molecule has 1 heterocycles. The van der Waals surface area contributed by atoms with Crippen LogP contribution >= 0.6 is 0 Å². The average Bonchev–Trinajstić information content (AvgIpc) is 2.92. The van der Waals surface area contributed by atoms with Gasteiger partial charge in [0, 0.05) is 12.0 Å². The lowest BCUT2D eigenvalue weighted by Gasteiger charge is -2.35. The highest BCUT2D eigenvalue weighted by Gasteiger charge is 2.37. The number of nitrogens with one attached hydrogen (secondary N) is 1. The summed E-state index contributed by atoms with van der Waals surface area (Å²) in [6.45, 7) is 8.62. The SMILES string of the molecule is CCC1(c2cccc(OC(=O)C[C@](C)(O)C(=O)N[C@H](C(=O)O)C(C)C)c2)CCCCN(C)C1. The van der Waals surface area contributed by atoms with Crippen LogP contribution < -0.4 is 10.1 Å². The maximum absolute atomic E-state index is 12.5. The molecule has 1 aliphatic rings. The van der Waals surface area contributed by atoms with Crippen LogP contribution in [0.25, 0.3) is 0 Å². The smallest absolute Gasteiger partial charge is 0.326 e. The third-order valence-corrected chi connectivity index (χ3v) is 6.57. The Morgan fingerprint density at radius 3 is 2.58 bits per heavy atom. The molecule has 8 heteroatoms. The molecule has 1 fully saturated rings. The van der Waals surface area contributed by atoms with Crippen molar-refractivity contribution in [2.45, 2.75) is 76.9 Å². The van der Waals surface area contributed by atoms with Crippen molar-refractivity contribution < 1.29 is 29.3 Å². The van der Waals surface area contributed by atoms with Gasteiger partial charge in [-0.25, -0.2) is 4.79 Å². The number of nitrogens with zero attached hydrogens (tertiary/aromatic N) is 1. The van der Waals surface area contributed by atoms with Crippen LogP contribution in [0.1, 0.15) is 65.4 Å². The molecule has 1 unspecified atom stereocenters. The molecule has 0 bridgehead atoms. The van der Waals surface area contributed by atoms with E-state index in [1.807, 2.05) is 12.1 Å². The van der Waals surface area contributed by atoms with Crippen LogP contribution in [0.4, 0.5) is 0 Å². The molecular weight excluding hydrogens is 424 g/mol. The highest BCUT2D eigenvalue weighted by atomic mass is 16.5. The zero-order chi connectivity index (χ0) is 24.8. The molecule has 0 saturated carbocycles. The summed E-state index contributed by atoms with van der Waals surface area (Å²) < 4.78 is 5.47. The number of amides is 1. The van der Waals surface area contributed by atoms with Gasteiger partial charge in [0.1, 0.15) is 11.8 Å². The van der Waals surface area contributed by atoms with Gasteiger partial charge in [-0.3, -0.25) is 9.59 Å². The summed E-state index contributed by atoms with van der Waals surface area (Å²) in [5.41, 5.74) is -1.03. The quantitative estimate of drug-likeness (QED) is 0.382. The number of likely N-dealkylation sites (N-methyl/N-ethyl adjacent to an activating group) is 1. The maximum atomic E-state index is 12.5. The molecule has 1 amide bonds. The molecule has 0 spiro atoms. The van der Waals surface area contributed by atoms with Gasteiger partial charge < -0.3 is 25.2 Å². The van der Waals surface area contributed by atoms with Crippen LogP contribution in [0.15, 0.2) is 24.3 Å². The zero-order valence-corrected chi connectivity index (χ0v) is 20.4. The van der Waals surface area contributed by atoms with E-state index in [0.29, 0.717) is 5.75 Å². The van der Waals surface area contributed by atoms with Gasteiger partial charge in [0.25, 0.3) is 5.91 Å². The number of carbonyl (C=O) groups excluding carboxylic acids is 2. The lowest BCUT2D eigenvalue weighted by molar-refractivity contribution is -0.152.